The highest BCUT2D eigenvalue weighted by Crippen LogP contribution is 2.58. The van der Waals surface area contributed by atoms with E-state index < -0.39 is 0 Å². The van der Waals surface area contributed by atoms with E-state index in [1.807, 2.05) is 13.8 Å². The molecule has 2 aliphatic heterocycles. The second kappa shape index (κ2) is 4.39. The summed E-state index contributed by atoms with van der Waals surface area (Å²) >= 11 is 1.22. The van der Waals surface area contributed by atoms with Crippen molar-refractivity contribution in [3.8, 4) is 0 Å². The van der Waals surface area contributed by atoms with Crippen LogP contribution in [0.15, 0.2) is 0 Å². The number of hydrogen-bond donors (Lipinski definition) is 2. The van der Waals surface area contributed by atoms with Gasteiger partial charge < -0.3 is 10.1 Å². The van der Waals surface area contributed by atoms with E-state index in [1.54, 1.807) is 0 Å². The van der Waals surface area contributed by atoms with E-state index in [-0.39, 0.29) is 24.1 Å². The topological polar surface area (TPSA) is 76.1 Å². The van der Waals surface area contributed by atoms with Gasteiger partial charge >= 0.3 is 6.03 Å². The summed E-state index contributed by atoms with van der Waals surface area (Å²) in [6.45, 7) is 4.06. The number of fused-ring (bicyclic) bond motifs is 5. The minimum Gasteiger partial charge on any atom is -0.372 e. The first-order chi connectivity index (χ1) is 9.61. The van der Waals surface area contributed by atoms with Crippen molar-refractivity contribution in [3.05, 3.63) is 5.82 Å². The largest absolute Gasteiger partial charge is 0.372 e. The number of anilines is 1. The van der Waals surface area contributed by atoms with Gasteiger partial charge in [-0.25, -0.2) is 9.78 Å². The molecule has 6 nitrogen and oxygen atoms in total. The summed E-state index contributed by atoms with van der Waals surface area (Å²) in [4.78, 5) is 16.3. The highest BCUT2D eigenvalue weighted by atomic mass is 32.1. The Kier molecular flexibility index (Phi) is 2.75. The maximum atomic E-state index is 12.0. The lowest BCUT2D eigenvalue weighted by atomic mass is 9.96. The fourth-order valence-electron chi connectivity index (χ4n) is 3.42. The van der Waals surface area contributed by atoms with Crippen LogP contribution in [0.1, 0.15) is 38.4 Å². The Balaban J connectivity index is 1.34. The second-order valence-electron chi connectivity index (χ2n) is 6.26. The first-order valence-electron chi connectivity index (χ1n) is 7.18. The molecule has 1 aliphatic carbocycles. The molecule has 3 fully saturated rings. The van der Waals surface area contributed by atoms with Crippen molar-refractivity contribution < 1.29 is 9.53 Å². The van der Waals surface area contributed by atoms with Crippen LogP contribution in [0.5, 0.6) is 0 Å². The number of nitrogens with one attached hydrogen (secondary N) is 2. The van der Waals surface area contributed by atoms with Gasteiger partial charge in [-0.2, -0.15) is 4.37 Å². The molecule has 0 aromatic carbocycles. The molecule has 1 aromatic heterocycles. The van der Waals surface area contributed by atoms with Gasteiger partial charge in [0.25, 0.3) is 0 Å². The maximum Gasteiger partial charge on any atom is 0.321 e. The van der Waals surface area contributed by atoms with Crippen molar-refractivity contribution in [3.63, 3.8) is 0 Å². The standard InChI is InChI=1S/C13H18N4O2S/c1-5(2)11-15-13(20-17-11)16-12(18)14-8-4-9-6-3-7(6)10(8)19-9/h5-10H,3-4H2,1-2H3,(H2,14,15,16,17,18)/t6-,7+,8-,9+,10+/m1/s1. The van der Waals surface area contributed by atoms with E-state index in [1.165, 1.54) is 18.0 Å². The SMILES string of the molecule is CC(C)c1nsc(NC(=O)N[C@@H]2C[C@@H]3O[C@H]2[C@H]2C[C@H]23)n1. The molecular formula is C13H18N4O2S. The van der Waals surface area contributed by atoms with Crippen LogP contribution < -0.4 is 10.6 Å². The molecule has 2 saturated heterocycles. The molecule has 1 aromatic rings. The molecule has 2 bridgehead atoms. The van der Waals surface area contributed by atoms with Crippen LogP contribution in [-0.4, -0.2) is 33.6 Å². The van der Waals surface area contributed by atoms with Crippen LogP contribution in [0.2, 0.25) is 0 Å². The smallest absolute Gasteiger partial charge is 0.321 e. The molecule has 3 aliphatic rings. The monoisotopic (exact) mass is 294 g/mol. The summed E-state index contributed by atoms with van der Waals surface area (Å²) in [6, 6.07) is -0.0453. The van der Waals surface area contributed by atoms with E-state index in [0.29, 0.717) is 17.2 Å². The Morgan fingerprint density at radius 3 is 2.90 bits per heavy atom. The van der Waals surface area contributed by atoms with Gasteiger partial charge in [-0.05, 0) is 24.7 Å². The van der Waals surface area contributed by atoms with E-state index >= 15 is 0 Å². The van der Waals surface area contributed by atoms with Gasteiger partial charge in [-0.3, -0.25) is 5.32 Å². The number of ether oxygens (including phenoxy) is 1. The minimum absolute atomic E-state index is 0.154. The molecule has 0 radical (unpaired) electrons. The van der Waals surface area contributed by atoms with Crippen LogP contribution in [0, 0.1) is 11.8 Å². The third kappa shape index (κ3) is 2.00. The number of urea groups is 1. The number of nitrogens with zero attached hydrogens (tertiary/aromatic N) is 2. The lowest BCUT2D eigenvalue weighted by Gasteiger charge is -2.19. The highest BCUT2D eigenvalue weighted by Gasteiger charge is 2.62. The second-order valence-corrected chi connectivity index (χ2v) is 7.01. The van der Waals surface area contributed by atoms with Gasteiger partial charge in [0.15, 0.2) is 0 Å². The quantitative estimate of drug-likeness (QED) is 0.893. The number of carbonyl (C=O) groups excluding carboxylic acids is 1. The van der Waals surface area contributed by atoms with Gasteiger partial charge in [0.2, 0.25) is 5.13 Å². The summed E-state index contributed by atoms with van der Waals surface area (Å²) in [5, 5.41) is 6.34. The summed E-state index contributed by atoms with van der Waals surface area (Å²) in [5.74, 6) is 2.51. The van der Waals surface area contributed by atoms with Gasteiger partial charge in [0.1, 0.15) is 5.82 Å². The van der Waals surface area contributed by atoms with Crippen molar-refractivity contribution in [2.24, 2.45) is 11.8 Å². The first kappa shape index (κ1) is 12.5. The lowest BCUT2D eigenvalue weighted by Crippen LogP contribution is -2.44. The zero-order valence-electron chi connectivity index (χ0n) is 11.5. The normalized spacial score (nSPS) is 37.0. The van der Waals surface area contributed by atoms with Crippen LogP contribution in [-0.2, 0) is 4.74 Å². The number of carbonyl (C=O) groups is 1. The molecule has 3 heterocycles. The molecule has 0 spiro atoms. The fourth-order valence-corrected chi connectivity index (χ4v) is 4.12. The Bertz CT molecular complexity index is 546. The number of amides is 2. The predicted octanol–water partition coefficient (Wildman–Crippen LogP) is 1.96. The Hall–Kier alpha value is -1.21. The van der Waals surface area contributed by atoms with E-state index in [4.69, 9.17) is 4.74 Å². The number of aromatic nitrogens is 2. The molecule has 7 heteroatoms. The minimum atomic E-state index is -0.199. The van der Waals surface area contributed by atoms with E-state index in [0.717, 1.165) is 18.2 Å². The zero-order valence-corrected chi connectivity index (χ0v) is 12.3. The van der Waals surface area contributed by atoms with Gasteiger partial charge in [-0.1, -0.05) is 13.8 Å². The van der Waals surface area contributed by atoms with Crippen LogP contribution in [0.3, 0.4) is 0 Å². The van der Waals surface area contributed by atoms with Gasteiger partial charge in [0.05, 0.1) is 18.2 Å². The molecule has 2 amide bonds. The van der Waals surface area contributed by atoms with Crippen LogP contribution in [0.4, 0.5) is 9.93 Å². The third-order valence-corrected chi connectivity index (χ3v) is 5.15. The number of hydrogen-bond acceptors (Lipinski definition) is 5. The third-order valence-electron chi connectivity index (χ3n) is 4.50. The maximum absolute atomic E-state index is 12.0. The lowest BCUT2D eigenvalue weighted by molar-refractivity contribution is 0.0668. The highest BCUT2D eigenvalue weighted by molar-refractivity contribution is 7.09. The zero-order chi connectivity index (χ0) is 13.9. The summed E-state index contributed by atoms with van der Waals surface area (Å²) < 4.78 is 10.1. The van der Waals surface area contributed by atoms with Crippen LogP contribution in [0.25, 0.3) is 0 Å². The molecule has 5 atom stereocenters. The van der Waals surface area contributed by atoms with Gasteiger partial charge in [-0.15, -0.1) is 0 Å². The predicted molar refractivity (Wildman–Crippen MR) is 74.8 cm³/mol. The van der Waals surface area contributed by atoms with Crippen molar-refractivity contribution >= 4 is 22.7 Å². The fraction of sp³-hybridized carbons (Fsp3) is 0.769. The molecule has 20 heavy (non-hydrogen) atoms. The number of rotatable bonds is 3. The Morgan fingerprint density at radius 2 is 2.25 bits per heavy atom. The molecule has 4 rings (SSSR count). The Morgan fingerprint density at radius 1 is 1.40 bits per heavy atom. The Labute approximate surface area is 121 Å². The van der Waals surface area contributed by atoms with Crippen molar-refractivity contribution in [2.45, 2.75) is 50.9 Å². The van der Waals surface area contributed by atoms with E-state index in [9.17, 15) is 4.79 Å². The van der Waals surface area contributed by atoms with Crippen molar-refractivity contribution in [2.75, 3.05) is 5.32 Å². The summed E-state index contributed by atoms with van der Waals surface area (Å²) in [5.41, 5.74) is 0. The first-order valence-corrected chi connectivity index (χ1v) is 7.95. The van der Waals surface area contributed by atoms with Crippen LogP contribution >= 0.6 is 11.5 Å². The molecule has 2 N–H and O–H groups in total. The summed E-state index contributed by atoms with van der Waals surface area (Å²) in [6.07, 6.45) is 2.84. The molecule has 0 unspecified atom stereocenters. The summed E-state index contributed by atoms with van der Waals surface area (Å²) in [7, 11) is 0. The molecule has 1 saturated carbocycles. The van der Waals surface area contributed by atoms with Gasteiger partial charge in [0, 0.05) is 17.5 Å². The average Bonchev–Trinajstić information content (AvgIpc) is 2.78. The van der Waals surface area contributed by atoms with Crippen molar-refractivity contribution in [1.82, 2.24) is 14.7 Å². The van der Waals surface area contributed by atoms with Crippen molar-refractivity contribution in [1.29, 1.82) is 0 Å². The molecule has 108 valence electrons. The van der Waals surface area contributed by atoms with E-state index in [2.05, 4.69) is 20.0 Å². The average molecular weight is 294 g/mol. The molecular weight excluding hydrogens is 276 g/mol.